The van der Waals surface area contributed by atoms with E-state index in [1.165, 1.54) is 13.1 Å². The van der Waals surface area contributed by atoms with Gasteiger partial charge in [-0.1, -0.05) is 11.4 Å². The van der Waals surface area contributed by atoms with Crippen LogP contribution in [0.3, 0.4) is 0 Å². The van der Waals surface area contributed by atoms with E-state index in [-0.39, 0.29) is 0 Å². The maximum atomic E-state index is 11.5. The van der Waals surface area contributed by atoms with Gasteiger partial charge in [0.05, 0.1) is 6.20 Å². The van der Waals surface area contributed by atoms with Crippen LogP contribution in [0.2, 0.25) is 0 Å². The molecule has 1 atom stereocenters. The monoisotopic (exact) mass is 229 g/mol. The first-order valence-electron chi connectivity index (χ1n) is 4.33. The Labute approximate surface area is 90.5 Å². The van der Waals surface area contributed by atoms with Crippen LogP contribution in [0.1, 0.15) is 29.9 Å². The van der Waals surface area contributed by atoms with E-state index in [2.05, 4.69) is 14.9 Å². The number of carbonyl (C=O) groups excluding carboxylic acids is 1. The molecule has 1 heterocycles. The molecule has 6 nitrogen and oxygen atoms in total. The predicted molar refractivity (Wildman–Crippen MR) is 53.7 cm³/mol. The second-order valence-electron chi connectivity index (χ2n) is 3.23. The summed E-state index contributed by atoms with van der Waals surface area (Å²) >= 11 is 0.928. The van der Waals surface area contributed by atoms with E-state index in [4.69, 9.17) is 5.11 Å². The fourth-order valence-electron chi connectivity index (χ4n) is 0.872. The van der Waals surface area contributed by atoms with Crippen molar-refractivity contribution in [2.75, 3.05) is 0 Å². The molecule has 0 saturated heterocycles. The Bertz CT molecular complexity index is 365. The van der Waals surface area contributed by atoms with Crippen LogP contribution in [0, 0.1) is 0 Å². The van der Waals surface area contributed by atoms with Crippen molar-refractivity contribution in [2.45, 2.75) is 25.8 Å². The molecule has 0 aliphatic rings. The van der Waals surface area contributed by atoms with Crippen molar-refractivity contribution in [1.29, 1.82) is 0 Å². The maximum absolute atomic E-state index is 11.5. The zero-order chi connectivity index (χ0) is 11.5. The minimum absolute atomic E-state index is 0.302. The van der Waals surface area contributed by atoms with E-state index in [9.17, 15) is 9.59 Å². The highest BCUT2D eigenvalue weighted by Crippen LogP contribution is 2.11. The minimum atomic E-state index is -1.25. The van der Waals surface area contributed by atoms with Crippen LogP contribution in [-0.2, 0) is 4.79 Å². The highest BCUT2D eigenvalue weighted by molar-refractivity contribution is 7.07. The summed E-state index contributed by atoms with van der Waals surface area (Å²) in [4.78, 5) is 22.8. The van der Waals surface area contributed by atoms with Gasteiger partial charge in [-0.2, -0.15) is 0 Å². The number of amides is 1. The van der Waals surface area contributed by atoms with E-state index >= 15 is 0 Å². The SMILES string of the molecule is CCC(C)(NC(=O)c1cnns1)C(=O)O. The normalized spacial score (nSPS) is 14.3. The fourth-order valence-corrected chi connectivity index (χ4v) is 1.28. The second kappa shape index (κ2) is 4.35. The number of carboxylic acid groups (broad SMARTS) is 1. The van der Waals surface area contributed by atoms with Gasteiger partial charge in [0.15, 0.2) is 0 Å². The molecule has 0 aliphatic carbocycles. The fraction of sp³-hybridized carbons (Fsp3) is 0.500. The summed E-state index contributed by atoms with van der Waals surface area (Å²) in [6, 6.07) is 0. The van der Waals surface area contributed by atoms with Crippen LogP contribution in [-0.4, -0.2) is 32.1 Å². The molecule has 0 bridgehead atoms. The first kappa shape index (κ1) is 11.6. The number of hydrogen-bond donors (Lipinski definition) is 2. The summed E-state index contributed by atoms with van der Waals surface area (Å²) in [5.41, 5.74) is -1.25. The Morgan fingerprint density at radius 2 is 2.33 bits per heavy atom. The topological polar surface area (TPSA) is 92.2 Å². The molecule has 7 heteroatoms. The average molecular weight is 229 g/mol. The number of hydrogen-bond acceptors (Lipinski definition) is 5. The van der Waals surface area contributed by atoms with Crippen LogP contribution in [0.15, 0.2) is 6.20 Å². The largest absolute Gasteiger partial charge is 0.480 e. The third-order valence-electron chi connectivity index (χ3n) is 2.15. The standard InChI is InChI=1S/C8H11N3O3S/c1-3-8(2,7(13)14)10-6(12)5-4-9-11-15-5/h4H,3H2,1-2H3,(H,10,12)(H,13,14). The lowest BCUT2D eigenvalue weighted by Crippen LogP contribution is -2.51. The molecule has 2 N–H and O–H groups in total. The van der Waals surface area contributed by atoms with Crippen LogP contribution in [0.25, 0.3) is 0 Å². The number of nitrogens with one attached hydrogen (secondary N) is 1. The molecule has 0 aromatic carbocycles. The lowest BCUT2D eigenvalue weighted by Gasteiger charge is -2.23. The highest BCUT2D eigenvalue weighted by atomic mass is 32.1. The molecule has 1 aromatic rings. The van der Waals surface area contributed by atoms with E-state index in [0.717, 1.165) is 11.5 Å². The molecule has 1 aromatic heterocycles. The molecule has 15 heavy (non-hydrogen) atoms. The van der Waals surface area contributed by atoms with Gasteiger partial charge in [-0.3, -0.25) is 4.79 Å². The second-order valence-corrected chi connectivity index (χ2v) is 4.01. The number of carbonyl (C=O) groups is 2. The van der Waals surface area contributed by atoms with Crippen molar-refractivity contribution in [2.24, 2.45) is 0 Å². The van der Waals surface area contributed by atoms with Crippen LogP contribution in [0.5, 0.6) is 0 Å². The van der Waals surface area contributed by atoms with Gasteiger partial charge in [-0.05, 0) is 24.9 Å². The van der Waals surface area contributed by atoms with Crippen molar-refractivity contribution in [3.63, 3.8) is 0 Å². The van der Waals surface area contributed by atoms with Crippen molar-refractivity contribution in [1.82, 2.24) is 14.9 Å². The number of aliphatic carboxylic acids is 1. The van der Waals surface area contributed by atoms with E-state index in [1.54, 1.807) is 6.92 Å². The summed E-state index contributed by atoms with van der Waals surface area (Å²) in [5.74, 6) is -1.52. The third-order valence-corrected chi connectivity index (χ3v) is 2.82. The van der Waals surface area contributed by atoms with E-state index in [0.29, 0.717) is 11.3 Å². The quantitative estimate of drug-likeness (QED) is 0.785. The molecule has 1 unspecified atom stereocenters. The van der Waals surface area contributed by atoms with Gasteiger partial charge in [-0.15, -0.1) is 5.10 Å². The number of aromatic nitrogens is 2. The number of rotatable bonds is 4. The Morgan fingerprint density at radius 3 is 2.73 bits per heavy atom. The highest BCUT2D eigenvalue weighted by Gasteiger charge is 2.33. The smallest absolute Gasteiger partial charge is 0.329 e. The molecule has 0 saturated carbocycles. The zero-order valence-corrected chi connectivity index (χ0v) is 9.17. The van der Waals surface area contributed by atoms with Crippen molar-refractivity contribution < 1.29 is 14.7 Å². The predicted octanol–water partition coefficient (Wildman–Crippen LogP) is 0.521. The van der Waals surface area contributed by atoms with Crippen LogP contribution in [0.4, 0.5) is 0 Å². The van der Waals surface area contributed by atoms with E-state index in [1.807, 2.05) is 0 Å². The molecule has 0 spiro atoms. The summed E-state index contributed by atoms with van der Waals surface area (Å²) in [7, 11) is 0. The van der Waals surface area contributed by atoms with Crippen LogP contribution >= 0.6 is 11.5 Å². The molecular weight excluding hydrogens is 218 g/mol. The van der Waals surface area contributed by atoms with Crippen molar-refractivity contribution >= 4 is 23.4 Å². The van der Waals surface area contributed by atoms with Gasteiger partial charge in [-0.25, -0.2) is 4.79 Å². The molecule has 82 valence electrons. The van der Waals surface area contributed by atoms with Crippen LogP contribution < -0.4 is 5.32 Å². The summed E-state index contributed by atoms with van der Waals surface area (Å²) in [6.07, 6.45) is 1.61. The van der Waals surface area contributed by atoms with Gasteiger partial charge in [0.2, 0.25) is 0 Å². The molecular formula is C8H11N3O3S. The Hall–Kier alpha value is -1.50. The average Bonchev–Trinajstić information content (AvgIpc) is 2.70. The lowest BCUT2D eigenvalue weighted by molar-refractivity contribution is -0.143. The van der Waals surface area contributed by atoms with Gasteiger partial charge in [0.1, 0.15) is 10.4 Å². The number of carboxylic acids is 1. The summed E-state index contributed by atoms with van der Waals surface area (Å²) < 4.78 is 3.53. The Kier molecular flexibility index (Phi) is 3.35. The molecule has 0 fully saturated rings. The first-order valence-corrected chi connectivity index (χ1v) is 5.10. The van der Waals surface area contributed by atoms with Gasteiger partial charge >= 0.3 is 5.97 Å². The maximum Gasteiger partial charge on any atom is 0.329 e. The summed E-state index contributed by atoms with van der Waals surface area (Å²) in [5, 5.41) is 14.9. The Balaban J connectivity index is 2.77. The van der Waals surface area contributed by atoms with E-state index < -0.39 is 17.4 Å². The minimum Gasteiger partial charge on any atom is -0.480 e. The third kappa shape index (κ3) is 2.50. The molecule has 1 rings (SSSR count). The number of nitrogens with zero attached hydrogens (tertiary/aromatic N) is 2. The van der Waals surface area contributed by atoms with Gasteiger partial charge in [0.25, 0.3) is 5.91 Å². The molecule has 0 aliphatic heterocycles. The lowest BCUT2D eigenvalue weighted by atomic mass is 9.99. The van der Waals surface area contributed by atoms with Crippen molar-refractivity contribution in [3.8, 4) is 0 Å². The van der Waals surface area contributed by atoms with Crippen molar-refractivity contribution in [3.05, 3.63) is 11.1 Å². The molecule has 0 radical (unpaired) electrons. The molecule has 1 amide bonds. The first-order chi connectivity index (χ1) is 6.99. The van der Waals surface area contributed by atoms with Gasteiger partial charge < -0.3 is 10.4 Å². The zero-order valence-electron chi connectivity index (χ0n) is 8.35. The Morgan fingerprint density at radius 1 is 1.67 bits per heavy atom. The summed E-state index contributed by atoms with van der Waals surface area (Å²) in [6.45, 7) is 3.15. The van der Waals surface area contributed by atoms with Gasteiger partial charge in [0, 0.05) is 0 Å².